The lowest BCUT2D eigenvalue weighted by atomic mass is 10.1. The van der Waals surface area contributed by atoms with Crippen molar-refractivity contribution < 1.29 is 0 Å². The molecule has 2 heterocycles. The summed E-state index contributed by atoms with van der Waals surface area (Å²) in [6.45, 7) is 5.55. The Morgan fingerprint density at radius 1 is 1.25 bits per heavy atom. The molecule has 4 nitrogen and oxygen atoms in total. The van der Waals surface area contributed by atoms with Crippen molar-refractivity contribution in [3.05, 3.63) is 24.0 Å². The molecular weight excluding hydrogens is 200 g/mol. The van der Waals surface area contributed by atoms with Gasteiger partial charge in [0.05, 0.1) is 0 Å². The van der Waals surface area contributed by atoms with Crippen molar-refractivity contribution in [3.63, 3.8) is 0 Å². The molecule has 1 aromatic rings. The van der Waals surface area contributed by atoms with Gasteiger partial charge in [0, 0.05) is 58.2 Å². The third kappa shape index (κ3) is 2.84. The van der Waals surface area contributed by atoms with E-state index in [4.69, 9.17) is 5.73 Å². The van der Waals surface area contributed by atoms with Crippen LogP contribution in [-0.2, 0) is 7.05 Å². The highest BCUT2D eigenvalue weighted by Gasteiger charge is 2.17. The van der Waals surface area contributed by atoms with Crippen LogP contribution in [0.25, 0.3) is 0 Å². The van der Waals surface area contributed by atoms with Gasteiger partial charge in [-0.1, -0.05) is 0 Å². The predicted molar refractivity (Wildman–Crippen MR) is 66.3 cm³/mol. The van der Waals surface area contributed by atoms with E-state index in [2.05, 4.69) is 39.9 Å². The van der Waals surface area contributed by atoms with Crippen LogP contribution in [0.3, 0.4) is 0 Å². The quantitative estimate of drug-likeness (QED) is 0.798. The van der Waals surface area contributed by atoms with Gasteiger partial charge in [-0.3, -0.25) is 4.90 Å². The number of hydrogen-bond donors (Lipinski definition) is 1. The Morgan fingerprint density at radius 3 is 2.50 bits per heavy atom. The zero-order valence-corrected chi connectivity index (χ0v) is 10.3. The maximum Gasteiger partial charge on any atom is 0.0439 e. The van der Waals surface area contributed by atoms with E-state index in [1.807, 2.05) is 7.05 Å². The number of hydrogen-bond acceptors (Lipinski definition) is 3. The van der Waals surface area contributed by atoms with Crippen molar-refractivity contribution in [2.24, 2.45) is 12.8 Å². The minimum absolute atomic E-state index is 0.143. The molecule has 1 aliphatic heterocycles. The van der Waals surface area contributed by atoms with Crippen LogP contribution >= 0.6 is 0 Å². The summed E-state index contributed by atoms with van der Waals surface area (Å²) in [4.78, 5) is 4.82. The van der Waals surface area contributed by atoms with Crippen LogP contribution in [0.5, 0.6) is 0 Å². The van der Waals surface area contributed by atoms with E-state index in [0.29, 0.717) is 0 Å². The van der Waals surface area contributed by atoms with E-state index in [1.165, 1.54) is 5.56 Å². The molecule has 90 valence electrons. The number of aryl methyl sites for hydroxylation is 1. The molecule has 0 radical (unpaired) electrons. The highest BCUT2D eigenvalue weighted by Crippen LogP contribution is 2.12. The van der Waals surface area contributed by atoms with Crippen LogP contribution < -0.4 is 5.73 Å². The summed E-state index contributed by atoms with van der Waals surface area (Å²) >= 11 is 0. The van der Waals surface area contributed by atoms with Crippen LogP contribution in [-0.4, -0.2) is 54.1 Å². The fourth-order valence-corrected chi connectivity index (χ4v) is 2.16. The van der Waals surface area contributed by atoms with Gasteiger partial charge in [0.25, 0.3) is 0 Å². The maximum absolute atomic E-state index is 6.21. The highest BCUT2D eigenvalue weighted by molar-refractivity contribution is 5.15. The van der Waals surface area contributed by atoms with E-state index < -0.39 is 0 Å². The second-order valence-electron chi connectivity index (χ2n) is 4.82. The fraction of sp³-hybridized carbons (Fsp3) is 0.667. The highest BCUT2D eigenvalue weighted by atomic mass is 15.2. The third-order valence-corrected chi connectivity index (χ3v) is 3.33. The van der Waals surface area contributed by atoms with Gasteiger partial charge in [-0.2, -0.15) is 0 Å². The van der Waals surface area contributed by atoms with Gasteiger partial charge in [-0.15, -0.1) is 0 Å². The number of piperazine rings is 1. The second kappa shape index (κ2) is 4.99. The van der Waals surface area contributed by atoms with Crippen LogP contribution in [0.1, 0.15) is 11.6 Å². The lowest BCUT2D eigenvalue weighted by molar-refractivity contribution is 0.147. The number of rotatable bonds is 3. The van der Waals surface area contributed by atoms with E-state index in [-0.39, 0.29) is 6.04 Å². The second-order valence-corrected chi connectivity index (χ2v) is 4.82. The molecule has 1 aromatic heterocycles. The molecule has 1 fully saturated rings. The zero-order valence-electron chi connectivity index (χ0n) is 10.3. The van der Waals surface area contributed by atoms with Gasteiger partial charge in [-0.25, -0.2) is 0 Å². The summed E-state index contributed by atoms with van der Waals surface area (Å²) in [6.07, 6.45) is 4.17. The Balaban J connectivity index is 1.85. The van der Waals surface area contributed by atoms with Crippen LogP contribution in [0.2, 0.25) is 0 Å². The number of nitrogens with two attached hydrogens (primary N) is 1. The molecule has 16 heavy (non-hydrogen) atoms. The fourth-order valence-electron chi connectivity index (χ4n) is 2.16. The number of nitrogens with zero attached hydrogens (tertiary/aromatic N) is 3. The van der Waals surface area contributed by atoms with Gasteiger partial charge >= 0.3 is 0 Å². The Bertz CT molecular complexity index is 326. The number of aromatic nitrogens is 1. The summed E-state index contributed by atoms with van der Waals surface area (Å²) < 4.78 is 2.05. The van der Waals surface area contributed by atoms with E-state index in [1.54, 1.807) is 0 Å². The van der Waals surface area contributed by atoms with Crippen LogP contribution in [0.4, 0.5) is 0 Å². The van der Waals surface area contributed by atoms with Gasteiger partial charge in [0.1, 0.15) is 0 Å². The zero-order chi connectivity index (χ0) is 11.5. The molecule has 0 saturated carbocycles. The summed E-state index contributed by atoms with van der Waals surface area (Å²) in [6, 6.07) is 2.25. The molecule has 1 atom stereocenters. The molecular formula is C12H22N4. The molecule has 2 N–H and O–H groups in total. The Hall–Kier alpha value is -0.840. The van der Waals surface area contributed by atoms with Crippen molar-refractivity contribution in [2.45, 2.75) is 6.04 Å². The SMILES string of the molecule is CN1CCN(CC(N)c2ccn(C)c2)CC1. The Kier molecular flexibility index (Phi) is 3.63. The lowest BCUT2D eigenvalue weighted by Gasteiger charge is -2.33. The lowest BCUT2D eigenvalue weighted by Crippen LogP contribution is -2.46. The largest absolute Gasteiger partial charge is 0.357 e. The molecule has 0 bridgehead atoms. The van der Waals surface area contributed by atoms with Crippen molar-refractivity contribution in [3.8, 4) is 0 Å². The third-order valence-electron chi connectivity index (χ3n) is 3.33. The van der Waals surface area contributed by atoms with E-state index in [9.17, 15) is 0 Å². The van der Waals surface area contributed by atoms with Crippen molar-refractivity contribution in [1.29, 1.82) is 0 Å². The predicted octanol–water partition coefficient (Wildman–Crippen LogP) is 0.272. The summed E-state index contributed by atoms with van der Waals surface area (Å²) in [7, 11) is 4.21. The minimum atomic E-state index is 0.143. The molecule has 0 amide bonds. The van der Waals surface area contributed by atoms with E-state index in [0.717, 1.165) is 32.7 Å². The molecule has 0 spiro atoms. The molecule has 1 aliphatic rings. The average molecular weight is 222 g/mol. The van der Waals surface area contributed by atoms with Gasteiger partial charge < -0.3 is 15.2 Å². The summed E-state index contributed by atoms with van der Waals surface area (Å²) in [5, 5.41) is 0. The van der Waals surface area contributed by atoms with Crippen molar-refractivity contribution in [1.82, 2.24) is 14.4 Å². The van der Waals surface area contributed by atoms with Gasteiger partial charge in [0.15, 0.2) is 0 Å². The number of likely N-dealkylation sites (N-methyl/N-ethyl adjacent to an activating group) is 1. The molecule has 2 rings (SSSR count). The average Bonchev–Trinajstić information content (AvgIpc) is 2.68. The molecule has 0 aromatic carbocycles. The van der Waals surface area contributed by atoms with Gasteiger partial charge in [0.2, 0.25) is 0 Å². The first kappa shape index (κ1) is 11.6. The normalized spacial score (nSPS) is 21.2. The van der Waals surface area contributed by atoms with Crippen LogP contribution in [0.15, 0.2) is 18.5 Å². The Morgan fingerprint density at radius 2 is 1.94 bits per heavy atom. The Labute approximate surface area is 97.6 Å². The van der Waals surface area contributed by atoms with Gasteiger partial charge in [-0.05, 0) is 18.7 Å². The molecule has 1 unspecified atom stereocenters. The summed E-state index contributed by atoms with van der Waals surface area (Å²) in [5.74, 6) is 0. The van der Waals surface area contributed by atoms with Crippen molar-refractivity contribution in [2.75, 3.05) is 39.8 Å². The monoisotopic (exact) mass is 222 g/mol. The molecule has 4 heteroatoms. The first-order chi connectivity index (χ1) is 7.65. The molecule has 1 saturated heterocycles. The van der Waals surface area contributed by atoms with E-state index >= 15 is 0 Å². The maximum atomic E-state index is 6.21. The molecule has 0 aliphatic carbocycles. The minimum Gasteiger partial charge on any atom is -0.357 e. The van der Waals surface area contributed by atoms with Crippen molar-refractivity contribution >= 4 is 0 Å². The standard InChI is InChI=1S/C12H22N4/c1-14-5-7-16(8-6-14)10-12(13)11-3-4-15(2)9-11/h3-4,9,12H,5-8,10,13H2,1-2H3. The first-order valence-corrected chi connectivity index (χ1v) is 5.93. The first-order valence-electron chi connectivity index (χ1n) is 5.93. The smallest absolute Gasteiger partial charge is 0.0439 e. The topological polar surface area (TPSA) is 37.4 Å². The summed E-state index contributed by atoms with van der Waals surface area (Å²) in [5.41, 5.74) is 7.44. The van der Waals surface area contributed by atoms with Crippen LogP contribution in [0, 0.1) is 0 Å².